The van der Waals surface area contributed by atoms with E-state index in [2.05, 4.69) is 0 Å². The van der Waals surface area contributed by atoms with Gasteiger partial charge in [0.05, 0.1) is 24.7 Å². The lowest BCUT2D eigenvalue weighted by atomic mass is 9.66. The number of carbonyl (C=O) groups is 2. The van der Waals surface area contributed by atoms with Crippen LogP contribution in [0, 0.1) is 23.6 Å². The molecule has 0 radical (unpaired) electrons. The van der Waals surface area contributed by atoms with Crippen LogP contribution in [0.25, 0.3) is 0 Å². The molecular formula is C28H37FO8. The molecule has 204 valence electrons. The first-order valence-electron chi connectivity index (χ1n) is 12.9. The molecule has 3 rings (SSSR count). The van der Waals surface area contributed by atoms with Gasteiger partial charge in [-0.05, 0) is 67.4 Å². The third-order valence-electron chi connectivity index (χ3n) is 7.15. The van der Waals surface area contributed by atoms with Gasteiger partial charge < -0.3 is 29.9 Å². The lowest BCUT2D eigenvalue weighted by Gasteiger charge is -2.43. The molecule has 9 heteroatoms. The maximum atomic E-state index is 13.2. The highest BCUT2D eigenvalue weighted by atomic mass is 19.1. The van der Waals surface area contributed by atoms with Crippen LogP contribution in [0.1, 0.15) is 52.4 Å². The van der Waals surface area contributed by atoms with E-state index in [0.717, 1.165) is 5.57 Å². The summed E-state index contributed by atoms with van der Waals surface area (Å²) in [7, 11) is 0. The number of ether oxygens (including phenoxy) is 2. The third kappa shape index (κ3) is 8.12. The van der Waals surface area contributed by atoms with E-state index >= 15 is 0 Å². The number of carboxylic acids is 1. The number of fused-ring (bicyclic) bond motifs is 1. The van der Waals surface area contributed by atoms with Crippen LogP contribution < -0.4 is 4.74 Å². The maximum Gasteiger partial charge on any atom is 0.347 e. The summed E-state index contributed by atoms with van der Waals surface area (Å²) in [5, 5.41) is 39.5. The predicted molar refractivity (Wildman–Crippen MR) is 133 cm³/mol. The molecule has 4 N–H and O–H groups in total. The van der Waals surface area contributed by atoms with E-state index in [1.807, 2.05) is 19.1 Å². The predicted octanol–water partition coefficient (Wildman–Crippen LogP) is 3.39. The molecule has 0 heterocycles. The minimum Gasteiger partial charge on any atom is -0.481 e. The molecule has 0 fully saturated rings. The van der Waals surface area contributed by atoms with Crippen LogP contribution in [-0.2, 0) is 14.3 Å². The molecule has 1 aromatic rings. The topological polar surface area (TPSA) is 134 Å². The Labute approximate surface area is 216 Å². The van der Waals surface area contributed by atoms with Crippen molar-refractivity contribution in [3.05, 3.63) is 53.9 Å². The molecule has 8 nitrogen and oxygen atoms in total. The Morgan fingerprint density at radius 2 is 1.86 bits per heavy atom. The van der Waals surface area contributed by atoms with Crippen molar-refractivity contribution in [3.63, 3.8) is 0 Å². The lowest BCUT2D eigenvalue weighted by Crippen LogP contribution is -2.44. The van der Waals surface area contributed by atoms with Crippen LogP contribution in [0.5, 0.6) is 5.75 Å². The first kappa shape index (κ1) is 28.8. The van der Waals surface area contributed by atoms with Crippen molar-refractivity contribution in [1.82, 2.24) is 0 Å². The van der Waals surface area contributed by atoms with Crippen molar-refractivity contribution in [3.8, 4) is 5.75 Å². The average molecular weight is 521 g/mol. The lowest BCUT2D eigenvalue weighted by molar-refractivity contribution is -0.163. The quantitative estimate of drug-likeness (QED) is 0.308. The molecule has 0 saturated carbocycles. The Kier molecular flexibility index (Phi) is 10.3. The Hall–Kier alpha value is -2.75. The monoisotopic (exact) mass is 520 g/mol. The molecule has 2 aliphatic carbocycles. The van der Waals surface area contributed by atoms with Gasteiger partial charge in [0, 0.05) is 12.3 Å². The maximum absolute atomic E-state index is 13.2. The van der Waals surface area contributed by atoms with Gasteiger partial charge in [-0.2, -0.15) is 0 Å². The number of halogens is 1. The SMILES string of the molecule is CC[C@H](Oc1ccc(F)cc1)C(=O)O[C@H]1C[C@H](O)C=C2C=C[C@@H](C)[C@H](CC[C@@H](O)C[C@@H](O)CC(=O)O)[C@H]21. The van der Waals surface area contributed by atoms with Gasteiger partial charge >= 0.3 is 11.9 Å². The molecule has 2 aliphatic rings. The van der Waals surface area contributed by atoms with Gasteiger partial charge in [0.15, 0.2) is 6.10 Å². The van der Waals surface area contributed by atoms with Crippen molar-refractivity contribution >= 4 is 11.9 Å². The van der Waals surface area contributed by atoms with Crippen LogP contribution in [0.4, 0.5) is 4.39 Å². The number of aliphatic carboxylic acids is 1. The van der Waals surface area contributed by atoms with Crippen molar-refractivity contribution in [1.29, 1.82) is 0 Å². The van der Waals surface area contributed by atoms with Gasteiger partial charge in [-0.3, -0.25) is 4.79 Å². The molecule has 37 heavy (non-hydrogen) atoms. The number of carboxylic acid groups (broad SMARTS) is 1. The fourth-order valence-electron chi connectivity index (χ4n) is 5.29. The first-order chi connectivity index (χ1) is 17.6. The fourth-order valence-corrected chi connectivity index (χ4v) is 5.29. The second-order valence-corrected chi connectivity index (χ2v) is 10.0. The van der Waals surface area contributed by atoms with E-state index in [4.69, 9.17) is 14.6 Å². The van der Waals surface area contributed by atoms with E-state index in [1.54, 1.807) is 13.0 Å². The van der Waals surface area contributed by atoms with Gasteiger partial charge in [-0.25, -0.2) is 9.18 Å². The zero-order valence-corrected chi connectivity index (χ0v) is 21.2. The highest BCUT2D eigenvalue weighted by molar-refractivity contribution is 5.75. The molecule has 8 atom stereocenters. The minimum atomic E-state index is -1.13. The summed E-state index contributed by atoms with van der Waals surface area (Å²) < 4.78 is 24.9. The van der Waals surface area contributed by atoms with Crippen molar-refractivity contribution in [2.75, 3.05) is 0 Å². The summed E-state index contributed by atoms with van der Waals surface area (Å²) in [4.78, 5) is 23.9. The summed E-state index contributed by atoms with van der Waals surface area (Å²) in [6.07, 6.45) is 2.45. The van der Waals surface area contributed by atoms with E-state index < -0.39 is 54.7 Å². The number of benzene rings is 1. The second-order valence-electron chi connectivity index (χ2n) is 10.0. The molecule has 0 amide bonds. The highest BCUT2D eigenvalue weighted by Gasteiger charge is 2.42. The summed E-state index contributed by atoms with van der Waals surface area (Å²) in [5.74, 6) is -1.86. The number of aliphatic hydroxyl groups excluding tert-OH is 3. The van der Waals surface area contributed by atoms with Crippen molar-refractivity contribution in [2.24, 2.45) is 17.8 Å². The molecule has 0 unspecified atom stereocenters. The van der Waals surface area contributed by atoms with Crippen LogP contribution in [0.15, 0.2) is 48.1 Å². The van der Waals surface area contributed by atoms with E-state index in [1.165, 1.54) is 24.3 Å². The largest absolute Gasteiger partial charge is 0.481 e. The average Bonchev–Trinajstić information content (AvgIpc) is 2.82. The van der Waals surface area contributed by atoms with Crippen LogP contribution in [-0.4, -0.2) is 62.9 Å². The molecular weight excluding hydrogens is 483 g/mol. The van der Waals surface area contributed by atoms with Gasteiger partial charge in [0.25, 0.3) is 0 Å². The van der Waals surface area contributed by atoms with Crippen LogP contribution in [0.3, 0.4) is 0 Å². The molecule has 1 aromatic carbocycles. The molecule has 0 saturated heterocycles. The number of rotatable bonds is 12. The first-order valence-corrected chi connectivity index (χ1v) is 12.9. The second kappa shape index (κ2) is 13.2. The molecule has 0 aliphatic heterocycles. The van der Waals surface area contributed by atoms with Gasteiger partial charge in [0.1, 0.15) is 17.7 Å². The zero-order chi connectivity index (χ0) is 27.1. The molecule has 0 bridgehead atoms. The summed E-state index contributed by atoms with van der Waals surface area (Å²) in [5.41, 5.74) is 0.868. The minimum absolute atomic E-state index is 0.00842. The van der Waals surface area contributed by atoms with Crippen LogP contribution in [0.2, 0.25) is 0 Å². The summed E-state index contributed by atoms with van der Waals surface area (Å²) in [6, 6.07) is 5.38. The highest BCUT2D eigenvalue weighted by Crippen LogP contribution is 2.44. The van der Waals surface area contributed by atoms with Gasteiger partial charge in [-0.15, -0.1) is 0 Å². The third-order valence-corrected chi connectivity index (χ3v) is 7.15. The number of hydrogen-bond acceptors (Lipinski definition) is 7. The van der Waals surface area contributed by atoms with E-state index in [0.29, 0.717) is 25.0 Å². The number of allylic oxidation sites excluding steroid dienone is 2. The summed E-state index contributed by atoms with van der Waals surface area (Å²) in [6.45, 7) is 3.82. The Balaban J connectivity index is 1.70. The normalized spacial score (nSPS) is 27.4. The molecule has 0 aromatic heterocycles. The molecule has 0 spiro atoms. The zero-order valence-electron chi connectivity index (χ0n) is 21.2. The van der Waals surface area contributed by atoms with E-state index in [9.17, 15) is 29.3 Å². The Morgan fingerprint density at radius 3 is 2.51 bits per heavy atom. The summed E-state index contributed by atoms with van der Waals surface area (Å²) >= 11 is 0. The number of aliphatic hydroxyl groups is 3. The van der Waals surface area contributed by atoms with Gasteiger partial charge in [0.2, 0.25) is 0 Å². The number of esters is 1. The number of carbonyl (C=O) groups excluding carboxylic acids is 1. The van der Waals surface area contributed by atoms with Gasteiger partial charge in [-0.1, -0.05) is 32.1 Å². The fraction of sp³-hybridized carbons (Fsp3) is 0.571. The number of hydrogen-bond donors (Lipinski definition) is 4. The van der Waals surface area contributed by atoms with Crippen LogP contribution >= 0.6 is 0 Å². The van der Waals surface area contributed by atoms with E-state index in [-0.39, 0.29) is 30.6 Å². The Morgan fingerprint density at radius 1 is 1.16 bits per heavy atom. The van der Waals surface area contributed by atoms with Crippen molar-refractivity contribution < 1.29 is 43.9 Å². The Bertz CT molecular complexity index is 975. The standard InChI is InChI=1S/C28H37FO8/c1-3-24(36-22-9-6-18(29)7-10-22)28(35)37-25-14-20(31)12-17-5-4-16(2)23(27(17)25)11-8-19(30)13-21(32)15-26(33)34/h4-7,9-10,12,16,19-21,23-25,27,30-32H,3,8,11,13-15H2,1-2H3,(H,33,34)/t16-,19-,20-,21-,23+,24+,25+,27+/m1/s1. The smallest absolute Gasteiger partial charge is 0.347 e. The van der Waals surface area contributed by atoms with Crippen molar-refractivity contribution in [2.45, 2.75) is 82.9 Å².